The Kier molecular flexibility index (Phi) is 4.08. The van der Waals surface area contributed by atoms with Crippen LogP contribution >= 0.6 is 0 Å². The van der Waals surface area contributed by atoms with Crippen LogP contribution < -0.4 is 0 Å². The highest BCUT2D eigenvalue weighted by atomic mass is 16.4. The molecule has 144 valence electrons. The Morgan fingerprint density at radius 2 is 1.92 bits per heavy atom. The summed E-state index contributed by atoms with van der Waals surface area (Å²) in [5, 5.41) is 31.2. The van der Waals surface area contributed by atoms with Crippen molar-refractivity contribution in [2.75, 3.05) is 6.61 Å². The Morgan fingerprint density at radius 3 is 2.62 bits per heavy atom. The van der Waals surface area contributed by atoms with Crippen LogP contribution in [0.4, 0.5) is 0 Å². The largest absolute Gasteiger partial charge is 0.394 e. The van der Waals surface area contributed by atoms with Gasteiger partial charge < -0.3 is 15.3 Å². The topological polar surface area (TPSA) is 77.8 Å². The summed E-state index contributed by atoms with van der Waals surface area (Å²) < 4.78 is 0. The molecule has 0 heterocycles. The van der Waals surface area contributed by atoms with Gasteiger partial charge in [-0.1, -0.05) is 32.4 Å². The summed E-state index contributed by atoms with van der Waals surface area (Å²) in [7, 11) is 0. The summed E-state index contributed by atoms with van der Waals surface area (Å²) >= 11 is 0. The summed E-state index contributed by atoms with van der Waals surface area (Å²) in [5.41, 5.74) is -0.357. The van der Waals surface area contributed by atoms with E-state index in [0.717, 1.165) is 25.7 Å². The number of allylic oxidation sites excluding steroid dienone is 4. The molecule has 4 heteroatoms. The minimum atomic E-state index is -1.20. The van der Waals surface area contributed by atoms with Gasteiger partial charge in [-0.25, -0.2) is 0 Å². The third-order valence-electron chi connectivity index (χ3n) is 8.82. The van der Waals surface area contributed by atoms with E-state index in [9.17, 15) is 20.1 Å². The molecule has 0 saturated heterocycles. The highest BCUT2D eigenvalue weighted by Crippen LogP contribution is 2.68. The number of fused-ring (bicyclic) bond motifs is 5. The molecule has 0 aromatic rings. The van der Waals surface area contributed by atoms with Gasteiger partial charge in [0.15, 0.2) is 5.78 Å². The Labute approximate surface area is 156 Å². The van der Waals surface area contributed by atoms with Crippen molar-refractivity contribution >= 4 is 5.78 Å². The smallest absolute Gasteiger partial charge is 0.178 e. The second-order valence-corrected chi connectivity index (χ2v) is 9.75. The molecule has 0 aromatic heterocycles. The second-order valence-electron chi connectivity index (χ2n) is 9.75. The van der Waals surface area contributed by atoms with Gasteiger partial charge in [0.1, 0.15) is 6.10 Å². The maximum atomic E-state index is 11.9. The van der Waals surface area contributed by atoms with E-state index in [1.54, 1.807) is 6.08 Å². The fraction of sp³-hybridized carbons (Fsp3) is 0.773. The average Bonchev–Trinajstić information content (AvgIpc) is 2.88. The molecule has 0 radical (unpaired) electrons. The molecule has 4 aliphatic rings. The highest BCUT2D eigenvalue weighted by Gasteiger charge is 2.66. The minimum Gasteiger partial charge on any atom is -0.394 e. The van der Waals surface area contributed by atoms with E-state index < -0.39 is 18.3 Å². The standard InChI is InChI=1S/C22H32O4/c1-13-10-15-16(20(2)7-4-14(24)11-18(13)20)5-8-21(3)17(15)6-9-22(21,26)19(25)12-23/h4,7,11,13,15-17,19,23,25-26H,5-6,8-10,12H2,1-3H3/t13-,15+,16-,17-,19?,20+,21-,22-/m0/s1. The molecule has 4 aliphatic carbocycles. The predicted molar refractivity (Wildman–Crippen MR) is 99.2 cm³/mol. The Morgan fingerprint density at radius 1 is 1.23 bits per heavy atom. The van der Waals surface area contributed by atoms with Gasteiger partial charge in [0.05, 0.1) is 12.2 Å². The third-order valence-corrected chi connectivity index (χ3v) is 8.82. The SMILES string of the molecule is C[C@H]1C[C@@H]2[C@H](CC[C@@]3(C)[C@H]2CC[C@]3(O)C(O)CO)[C@@]2(C)C=CC(=O)C=C12. The van der Waals surface area contributed by atoms with Crippen molar-refractivity contribution < 1.29 is 20.1 Å². The summed E-state index contributed by atoms with van der Waals surface area (Å²) in [4.78, 5) is 11.9. The number of aliphatic hydroxyl groups excluding tert-OH is 2. The number of carbonyl (C=O) groups is 1. The molecule has 4 rings (SSSR count). The van der Waals surface area contributed by atoms with E-state index in [-0.39, 0.29) is 16.6 Å². The molecule has 0 amide bonds. The monoisotopic (exact) mass is 360 g/mol. The van der Waals surface area contributed by atoms with Gasteiger partial charge in [-0.15, -0.1) is 0 Å². The van der Waals surface area contributed by atoms with Gasteiger partial charge in [0, 0.05) is 10.8 Å². The van der Waals surface area contributed by atoms with Gasteiger partial charge in [-0.3, -0.25) is 4.79 Å². The lowest BCUT2D eigenvalue weighted by Gasteiger charge is -2.59. The molecule has 3 saturated carbocycles. The van der Waals surface area contributed by atoms with Crippen LogP contribution in [-0.2, 0) is 4.79 Å². The van der Waals surface area contributed by atoms with Gasteiger partial charge >= 0.3 is 0 Å². The van der Waals surface area contributed by atoms with Crippen LogP contribution in [0, 0.1) is 34.5 Å². The molecule has 0 aromatic carbocycles. The molecular formula is C22H32O4. The van der Waals surface area contributed by atoms with E-state index in [4.69, 9.17) is 0 Å². The fourth-order valence-corrected chi connectivity index (χ4v) is 7.36. The maximum absolute atomic E-state index is 11.9. The van der Waals surface area contributed by atoms with Crippen LogP contribution in [-0.4, -0.2) is 39.4 Å². The summed E-state index contributed by atoms with van der Waals surface area (Å²) in [6, 6.07) is 0. The highest BCUT2D eigenvalue weighted by molar-refractivity contribution is 6.01. The van der Waals surface area contributed by atoms with Crippen molar-refractivity contribution in [2.45, 2.75) is 64.6 Å². The molecule has 3 fully saturated rings. The van der Waals surface area contributed by atoms with Crippen molar-refractivity contribution in [3.63, 3.8) is 0 Å². The van der Waals surface area contributed by atoms with Crippen LogP contribution in [0.2, 0.25) is 0 Å². The summed E-state index contributed by atoms with van der Waals surface area (Å²) in [6.07, 6.45) is 8.97. The molecule has 3 N–H and O–H groups in total. The molecule has 0 aliphatic heterocycles. The third kappa shape index (κ3) is 2.15. The number of aliphatic hydroxyl groups is 3. The summed E-state index contributed by atoms with van der Waals surface area (Å²) in [6.45, 7) is 6.24. The quantitative estimate of drug-likeness (QED) is 0.707. The lowest BCUT2D eigenvalue weighted by atomic mass is 9.45. The molecule has 1 unspecified atom stereocenters. The summed E-state index contributed by atoms with van der Waals surface area (Å²) in [5.74, 6) is 1.75. The van der Waals surface area contributed by atoms with Gasteiger partial charge in [-0.2, -0.15) is 0 Å². The number of hydrogen-bond donors (Lipinski definition) is 3. The van der Waals surface area contributed by atoms with Gasteiger partial charge in [0.2, 0.25) is 0 Å². The first kappa shape index (κ1) is 18.4. The number of hydrogen-bond acceptors (Lipinski definition) is 4. The lowest BCUT2D eigenvalue weighted by molar-refractivity contribution is -0.183. The first-order valence-electron chi connectivity index (χ1n) is 10.1. The van der Waals surface area contributed by atoms with E-state index in [0.29, 0.717) is 30.1 Å². The Balaban J connectivity index is 1.72. The van der Waals surface area contributed by atoms with Crippen LogP contribution in [0.1, 0.15) is 52.9 Å². The molecule has 0 spiro atoms. The predicted octanol–water partition coefficient (Wildman–Crippen LogP) is 2.62. The zero-order chi connectivity index (χ0) is 18.9. The van der Waals surface area contributed by atoms with Crippen molar-refractivity contribution in [3.05, 3.63) is 23.8 Å². The molecule has 0 bridgehead atoms. The first-order valence-corrected chi connectivity index (χ1v) is 10.1. The number of carbonyl (C=O) groups excluding carboxylic acids is 1. The zero-order valence-corrected chi connectivity index (χ0v) is 16.1. The number of ketones is 1. The van der Waals surface area contributed by atoms with Crippen molar-refractivity contribution in [1.29, 1.82) is 0 Å². The van der Waals surface area contributed by atoms with Gasteiger partial charge in [0.25, 0.3) is 0 Å². The lowest BCUT2D eigenvalue weighted by Crippen LogP contribution is -2.59. The Bertz CT molecular complexity index is 682. The van der Waals surface area contributed by atoms with E-state index in [1.807, 2.05) is 6.08 Å². The molecular weight excluding hydrogens is 328 g/mol. The van der Waals surface area contributed by atoms with Crippen LogP contribution in [0.15, 0.2) is 23.8 Å². The van der Waals surface area contributed by atoms with Crippen molar-refractivity contribution in [1.82, 2.24) is 0 Å². The van der Waals surface area contributed by atoms with Crippen LogP contribution in [0.5, 0.6) is 0 Å². The average molecular weight is 360 g/mol. The maximum Gasteiger partial charge on any atom is 0.178 e. The second kappa shape index (κ2) is 5.76. The Hall–Kier alpha value is -0.970. The first-order chi connectivity index (χ1) is 12.2. The van der Waals surface area contributed by atoms with E-state index in [2.05, 4.69) is 26.8 Å². The number of rotatable bonds is 2. The van der Waals surface area contributed by atoms with E-state index >= 15 is 0 Å². The van der Waals surface area contributed by atoms with Crippen LogP contribution in [0.25, 0.3) is 0 Å². The van der Waals surface area contributed by atoms with Crippen molar-refractivity contribution in [2.24, 2.45) is 34.5 Å². The van der Waals surface area contributed by atoms with E-state index in [1.165, 1.54) is 5.57 Å². The van der Waals surface area contributed by atoms with Crippen LogP contribution in [0.3, 0.4) is 0 Å². The van der Waals surface area contributed by atoms with Crippen molar-refractivity contribution in [3.8, 4) is 0 Å². The van der Waals surface area contributed by atoms with Gasteiger partial charge in [-0.05, 0) is 67.9 Å². The molecule has 26 heavy (non-hydrogen) atoms. The fourth-order valence-electron chi connectivity index (χ4n) is 7.36. The molecule has 4 nitrogen and oxygen atoms in total. The normalized spacial score (nSPS) is 51.3. The molecule has 8 atom stereocenters. The zero-order valence-electron chi connectivity index (χ0n) is 16.1. The minimum absolute atomic E-state index is 0.0755.